The van der Waals surface area contributed by atoms with Crippen LogP contribution >= 0.6 is 0 Å². The van der Waals surface area contributed by atoms with Gasteiger partial charge in [-0.2, -0.15) is 0 Å². The normalized spacial score (nSPS) is 21.4. The third-order valence-electron chi connectivity index (χ3n) is 5.37. The molecule has 4 nitrogen and oxygen atoms in total. The predicted molar refractivity (Wildman–Crippen MR) is 92.5 cm³/mol. The highest BCUT2D eigenvalue weighted by atomic mass is 16.2. The lowest BCUT2D eigenvalue weighted by Gasteiger charge is -2.35. The molecule has 0 bridgehead atoms. The van der Waals surface area contributed by atoms with E-state index >= 15 is 0 Å². The van der Waals surface area contributed by atoms with Crippen LogP contribution in [0.3, 0.4) is 0 Å². The summed E-state index contributed by atoms with van der Waals surface area (Å²) < 4.78 is 0. The summed E-state index contributed by atoms with van der Waals surface area (Å²) in [5.74, 6) is 0.786. The number of aromatic nitrogens is 1. The van der Waals surface area contributed by atoms with Crippen molar-refractivity contribution in [1.82, 2.24) is 15.2 Å². The molecule has 1 atom stereocenters. The number of piperidine rings is 1. The standard InChI is InChI=1S/C19H25N3O/c1-13(19(23)20-16-6-7-16)22-10-8-14(9-11-22)18-12-15-4-2-3-5-17(15)21-18/h2-5,12-14,16,21H,6-11H2,1H3,(H,20,23). The Labute approximate surface area is 137 Å². The molecule has 23 heavy (non-hydrogen) atoms. The summed E-state index contributed by atoms with van der Waals surface area (Å²) in [5.41, 5.74) is 2.57. The van der Waals surface area contributed by atoms with E-state index in [-0.39, 0.29) is 11.9 Å². The summed E-state index contributed by atoms with van der Waals surface area (Å²) in [6.45, 7) is 4.04. The molecule has 2 heterocycles. The minimum absolute atomic E-state index is 0.000681. The largest absolute Gasteiger partial charge is 0.358 e. The van der Waals surface area contributed by atoms with E-state index in [1.807, 2.05) is 6.92 Å². The van der Waals surface area contributed by atoms with Gasteiger partial charge in [-0.15, -0.1) is 0 Å². The van der Waals surface area contributed by atoms with Gasteiger partial charge in [0.15, 0.2) is 0 Å². The van der Waals surface area contributed by atoms with Gasteiger partial charge in [0.05, 0.1) is 6.04 Å². The molecule has 1 saturated carbocycles. The quantitative estimate of drug-likeness (QED) is 0.912. The average molecular weight is 311 g/mol. The molecule has 1 aromatic heterocycles. The fraction of sp³-hybridized carbons (Fsp3) is 0.526. The van der Waals surface area contributed by atoms with Crippen LogP contribution in [0.2, 0.25) is 0 Å². The molecule has 2 aromatic rings. The first kappa shape index (κ1) is 14.8. The molecule has 2 aliphatic rings. The summed E-state index contributed by atoms with van der Waals surface area (Å²) in [5, 5.41) is 4.42. The van der Waals surface area contributed by atoms with Crippen LogP contribution in [0.25, 0.3) is 10.9 Å². The molecule has 0 spiro atoms. The van der Waals surface area contributed by atoms with Gasteiger partial charge in [-0.1, -0.05) is 18.2 Å². The van der Waals surface area contributed by atoms with E-state index in [0.29, 0.717) is 12.0 Å². The zero-order valence-electron chi connectivity index (χ0n) is 13.7. The third kappa shape index (κ3) is 3.13. The van der Waals surface area contributed by atoms with Gasteiger partial charge in [-0.25, -0.2) is 0 Å². The molecule has 4 rings (SSSR count). The molecule has 4 heteroatoms. The Morgan fingerprint density at radius 1 is 1.22 bits per heavy atom. The molecule has 2 fully saturated rings. The molecule has 1 amide bonds. The van der Waals surface area contributed by atoms with Crippen LogP contribution in [-0.2, 0) is 4.79 Å². The van der Waals surface area contributed by atoms with E-state index in [0.717, 1.165) is 38.8 Å². The number of para-hydroxylation sites is 1. The lowest BCUT2D eigenvalue weighted by atomic mass is 9.92. The average Bonchev–Trinajstić information content (AvgIpc) is 3.29. The van der Waals surface area contributed by atoms with Gasteiger partial charge in [-0.3, -0.25) is 9.69 Å². The Kier molecular flexibility index (Phi) is 3.85. The minimum Gasteiger partial charge on any atom is -0.358 e. The second-order valence-corrected chi connectivity index (χ2v) is 7.08. The summed E-state index contributed by atoms with van der Waals surface area (Å²) in [7, 11) is 0. The van der Waals surface area contributed by atoms with Crippen LogP contribution in [0, 0.1) is 0 Å². The lowest BCUT2D eigenvalue weighted by molar-refractivity contribution is -0.126. The number of fused-ring (bicyclic) bond motifs is 1. The van der Waals surface area contributed by atoms with Crippen molar-refractivity contribution in [3.63, 3.8) is 0 Å². The number of rotatable bonds is 4. The van der Waals surface area contributed by atoms with E-state index < -0.39 is 0 Å². The van der Waals surface area contributed by atoms with Crippen LogP contribution in [0.15, 0.2) is 30.3 Å². The van der Waals surface area contributed by atoms with Crippen LogP contribution in [0.5, 0.6) is 0 Å². The van der Waals surface area contributed by atoms with Crippen LogP contribution in [-0.4, -0.2) is 41.0 Å². The molecule has 1 aromatic carbocycles. The Morgan fingerprint density at radius 2 is 1.96 bits per heavy atom. The third-order valence-corrected chi connectivity index (χ3v) is 5.37. The molecule has 1 aliphatic carbocycles. The molecule has 1 aliphatic heterocycles. The molecule has 1 unspecified atom stereocenters. The number of benzene rings is 1. The first-order valence-corrected chi connectivity index (χ1v) is 8.83. The SMILES string of the molecule is CC(C(=O)NC1CC1)N1CCC(c2cc3ccccc3[nH]2)CC1. The number of nitrogens with one attached hydrogen (secondary N) is 2. The fourth-order valence-corrected chi connectivity index (χ4v) is 3.63. The maximum absolute atomic E-state index is 12.2. The highest BCUT2D eigenvalue weighted by Gasteiger charge is 2.31. The van der Waals surface area contributed by atoms with E-state index in [1.165, 1.54) is 16.6 Å². The van der Waals surface area contributed by atoms with Crippen molar-refractivity contribution in [3.05, 3.63) is 36.0 Å². The molecular weight excluding hydrogens is 286 g/mol. The molecule has 2 N–H and O–H groups in total. The van der Waals surface area contributed by atoms with Gasteiger partial charge < -0.3 is 10.3 Å². The smallest absolute Gasteiger partial charge is 0.237 e. The summed E-state index contributed by atoms with van der Waals surface area (Å²) in [6, 6.07) is 11.2. The minimum atomic E-state index is -0.000681. The number of H-pyrrole nitrogens is 1. The van der Waals surface area contributed by atoms with Gasteiger partial charge >= 0.3 is 0 Å². The molecule has 122 valence electrons. The number of hydrogen-bond donors (Lipinski definition) is 2. The van der Waals surface area contributed by atoms with E-state index in [9.17, 15) is 4.79 Å². The highest BCUT2D eigenvalue weighted by Crippen LogP contribution is 2.30. The molecule has 0 radical (unpaired) electrons. The molecular formula is C19H25N3O. The zero-order valence-corrected chi connectivity index (χ0v) is 13.7. The van der Waals surface area contributed by atoms with Gasteiger partial charge in [0.25, 0.3) is 0 Å². The van der Waals surface area contributed by atoms with Gasteiger partial charge in [-0.05, 0) is 63.2 Å². The molecule has 1 saturated heterocycles. The number of nitrogens with zero attached hydrogens (tertiary/aromatic N) is 1. The van der Waals surface area contributed by atoms with Crippen molar-refractivity contribution in [1.29, 1.82) is 0 Å². The maximum atomic E-state index is 12.2. The number of carbonyl (C=O) groups excluding carboxylic acids is 1. The number of amides is 1. The number of likely N-dealkylation sites (tertiary alicyclic amines) is 1. The van der Waals surface area contributed by atoms with Crippen molar-refractivity contribution in [2.75, 3.05) is 13.1 Å². The Balaban J connectivity index is 1.37. The summed E-state index contributed by atoms with van der Waals surface area (Å²) in [4.78, 5) is 18.1. The monoisotopic (exact) mass is 311 g/mol. The summed E-state index contributed by atoms with van der Waals surface area (Å²) in [6.07, 6.45) is 4.55. The predicted octanol–water partition coefficient (Wildman–Crippen LogP) is 3.01. The van der Waals surface area contributed by atoms with Crippen molar-refractivity contribution < 1.29 is 4.79 Å². The van der Waals surface area contributed by atoms with Crippen molar-refractivity contribution in [3.8, 4) is 0 Å². The summed E-state index contributed by atoms with van der Waals surface area (Å²) >= 11 is 0. The van der Waals surface area contributed by atoms with Crippen LogP contribution in [0.4, 0.5) is 0 Å². The van der Waals surface area contributed by atoms with Crippen molar-refractivity contribution in [2.24, 2.45) is 0 Å². The van der Waals surface area contributed by atoms with E-state index in [4.69, 9.17) is 0 Å². The fourth-order valence-electron chi connectivity index (χ4n) is 3.63. The van der Waals surface area contributed by atoms with Crippen LogP contribution < -0.4 is 5.32 Å². The van der Waals surface area contributed by atoms with Crippen molar-refractivity contribution in [2.45, 2.75) is 50.6 Å². The van der Waals surface area contributed by atoms with Crippen molar-refractivity contribution >= 4 is 16.8 Å². The second-order valence-electron chi connectivity index (χ2n) is 7.08. The zero-order chi connectivity index (χ0) is 15.8. The topological polar surface area (TPSA) is 48.1 Å². The van der Waals surface area contributed by atoms with E-state index in [2.05, 4.69) is 45.5 Å². The van der Waals surface area contributed by atoms with Crippen LogP contribution in [0.1, 0.15) is 44.2 Å². The number of hydrogen-bond acceptors (Lipinski definition) is 2. The first-order valence-electron chi connectivity index (χ1n) is 8.83. The Morgan fingerprint density at radius 3 is 2.65 bits per heavy atom. The van der Waals surface area contributed by atoms with Gasteiger partial charge in [0, 0.05) is 23.2 Å². The Bertz CT molecular complexity index is 662. The first-order chi connectivity index (χ1) is 11.2. The number of aromatic amines is 1. The maximum Gasteiger partial charge on any atom is 0.237 e. The lowest BCUT2D eigenvalue weighted by Crippen LogP contribution is -2.48. The number of carbonyl (C=O) groups is 1. The van der Waals surface area contributed by atoms with Gasteiger partial charge in [0.2, 0.25) is 5.91 Å². The van der Waals surface area contributed by atoms with Gasteiger partial charge in [0.1, 0.15) is 0 Å². The van der Waals surface area contributed by atoms with E-state index in [1.54, 1.807) is 0 Å². The Hall–Kier alpha value is -1.81. The highest BCUT2D eigenvalue weighted by molar-refractivity contribution is 5.82. The second kappa shape index (κ2) is 6.00.